The fourth-order valence-corrected chi connectivity index (χ4v) is 2.27. The van der Waals surface area contributed by atoms with Crippen molar-refractivity contribution in [3.63, 3.8) is 0 Å². The number of benzene rings is 1. The maximum atomic E-state index is 5.52. The van der Waals surface area contributed by atoms with Gasteiger partial charge in [0, 0.05) is 16.5 Å². The van der Waals surface area contributed by atoms with Crippen molar-refractivity contribution in [2.24, 2.45) is 0 Å². The van der Waals surface area contributed by atoms with Gasteiger partial charge in [-0.25, -0.2) is 0 Å². The van der Waals surface area contributed by atoms with Gasteiger partial charge in [-0.3, -0.25) is 0 Å². The molecule has 2 heterocycles. The maximum absolute atomic E-state index is 5.52. The zero-order valence-electron chi connectivity index (χ0n) is 8.83. The first-order chi connectivity index (χ1) is 7.29. The molecule has 1 aromatic heterocycles. The second-order valence-electron chi connectivity index (χ2n) is 3.92. The van der Waals surface area contributed by atoms with Crippen molar-refractivity contribution in [3.05, 3.63) is 40.8 Å². The van der Waals surface area contributed by atoms with Gasteiger partial charge >= 0.3 is 0 Å². The summed E-state index contributed by atoms with van der Waals surface area (Å²) in [5.41, 5.74) is 6.00. The molecule has 2 heteroatoms. The number of ether oxygens (including phenoxy) is 1. The van der Waals surface area contributed by atoms with Gasteiger partial charge < -0.3 is 9.15 Å². The van der Waals surface area contributed by atoms with Crippen LogP contribution in [0.2, 0.25) is 0 Å². The summed E-state index contributed by atoms with van der Waals surface area (Å²) in [5, 5.41) is 1.20. The van der Waals surface area contributed by atoms with Gasteiger partial charge in [0.2, 0.25) is 0 Å². The molecule has 1 aliphatic rings. The number of fused-ring (bicyclic) bond motifs is 2. The highest BCUT2D eigenvalue weighted by Crippen LogP contribution is 2.33. The van der Waals surface area contributed by atoms with Crippen LogP contribution in [0.1, 0.15) is 22.3 Å². The molecule has 0 atom stereocenters. The van der Waals surface area contributed by atoms with E-state index < -0.39 is 0 Å². The molecule has 2 aromatic rings. The van der Waals surface area contributed by atoms with Crippen LogP contribution in [-0.2, 0) is 11.3 Å². The van der Waals surface area contributed by atoms with Gasteiger partial charge in [0.15, 0.2) is 0 Å². The molecule has 0 saturated heterocycles. The Bertz CT molecular complexity index is 561. The first-order valence-electron chi connectivity index (χ1n) is 5.06. The molecule has 0 amide bonds. The van der Waals surface area contributed by atoms with E-state index in [0.717, 1.165) is 5.58 Å². The Morgan fingerprint density at radius 1 is 1.20 bits per heavy atom. The van der Waals surface area contributed by atoms with Crippen LogP contribution in [0.15, 0.2) is 23.0 Å². The average Bonchev–Trinajstić information content (AvgIpc) is 2.75. The number of furan rings is 1. The van der Waals surface area contributed by atoms with Gasteiger partial charge in [-0.15, -0.1) is 0 Å². The molecule has 76 valence electrons. The Morgan fingerprint density at radius 2 is 2.07 bits per heavy atom. The summed E-state index contributed by atoms with van der Waals surface area (Å²) in [6, 6.07) is 2.02. The Balaban J connectivity index is 2.50. The molecular formula is C13H12O2. The molecule has 2 nitrogen and oxygen atoms in total. The summed E-state index contributed by atoms with van der Waals surface area (Å²) in [7, 11) is 0. The van der Waals surface area contributed by atoms with E-state index in [0.29, 0.717) is 6.61 Å². The molecule has 0 aliphatic carbocycles. The van der Waals surface area contributed by atoms with E-state index in [1.165, 1.54) is 27.6 Å². The molecule has 0 saturated carbocycles. The molecule has 3 rings (SSSR count). The van der Waals surface area contributed by atoms with E-state index in [2.05, 4.69) is 13.8 Å². The van der Waals surface area contributed by atoms with Gasteiger partial charge in [-0.05, 0) is 37.1 Å². The van der Waals surface area contributed by atoms with Crippen LogP contribution < -0.4 is 0 Å². The average molecular weight is 200 g/mol. The SMILES string of the molecule is Cc1c2c(c(C)c3occc13)C=COC2. The number of rotatable bonds is 0. The van der Waals surface area contributed by atoms with Gasteiger partial charge in [0.25, 0.3) is 0 Å². The summed E-state index contributed by atoms with van der Waals surface area (Å²) >= 11 is 0. The third-order valence-electron chi connectivity index (χ3n) is 3.15. The number of hydrogen-bond acceptors (Lipinski definition) is 2. The second kappa shape index (κ2) is 2.89. The Kier molecular flexibility index (Phi) is 1.66. The molecular weight excluding hydrogens is 188 g/mol. The van der Waals surface area contributed by atoms with Crippen molar-refractivity contribution < 1.29 is 9.15 Å². The smallest absolute Gasteiger partial charge is 0.137 e. The molecule has 0 fully saturated rings. The molecule has 0 radical (unpaired) electrons. The van der Waals surface area contributed by atoms with Gasteiger partial charge in [0.1, 0.15) is 12.2 Å². The van der Waals surface area contributed by atoms with Crippen LogP contribution >= 0.6 is 0 Å². The standard InChI is InChI=1S/C13H12O2/c1-8-11-4-6-15-13(11)9(2)10-3-5-14-7-12(8)10/h3-6H,7H2,1-2H3. The molecule has 15 heavy (non-hydrogen) atoms. The molecule has 0 unspecified atom stereocenters. The normalized spacial score (nSPS) is 14.0. The minimum Gasteiger partial charge on any atom is -0.496 e. The minimum atomic E-state index is 0.666. The van der Waals surface area contributed by atoms with E-state index in [1.54, 1.807) is 12.5 Å². The summed E-state index contributed by atoms with van der Waals surface area (Å²) in [4.78, 5) is 0. The summed E-state index contributed by atoms with van der Waals surface area (Å²) in [6.07, 6.45) is 5.52. The van der Waals surface area contributed by atoms with Crippen molar-refractivity contribution in [2.75, 3.05) is 0 Å². The highest BCUT2D eigenvalue weighted by Gasteiger charge is 2.16. The topological polar surface area (TPSA) is 22.4 Å². The Labute approximate surface area is 88.2 Å². The fourth-order valence-electron chi connectivity index (χ4n) is 2.27. The molecule has 0 N–H and O–H groups in total. The highest BCUT2D eigenvalue weighted by atomic mass is 16.5. The van der Waals surface area contributed by atoms with Crippen LogP contribution in [0.4, 0.5) is 0 Å². The van der Waals surface area contributed by atoms with Crippen molar-refractivity contribution in [2.45, 2.75) is 20.5 Å². The third kappa shape index (κ3) is 1.05. The molecule has 0 bridgehead atoms. The second-order valence-corrected chi connectivity index (χ2v) is 3.92. The van der Waals surface area contributed by atoms with Crippen LogP contribution in [0.25, 0.3) is 17.0 Å². The van der Waals surface area contributed by atoms with Crippen molar-refractivity contribution in [1.29, 1.82) is 0 Å². The third-order valence-corrected chi connectivity index (χ3v) is 3.15. The lowest BCUT2D eigenvalue weighted by Gasteiger charge is -2.17. The lowest BCUT2D eigenvalue weighted by molar-refractivity contribution is 0.234. The predicted octanol–water partition coefficient (Wildman–Crippen LogP) is 3.55. The summed E-state index contributed by atoms with van der Waals surface area (Å²) in [6.45, 7) is 4.89. The largest absolute Gasteiger partial charge is 0.496 e. The quantitative estimate of drug-likeness (QED) is 0.648. The van der Waals surface area contributed by atoms with Crippen LogP contribution in [0.3, 0.4) is 0 Å². The summed E-state index contributed by atoms with van der Waals surface area (Å²) < 4.78 is 10.9. The zero-order valence-corrected chi connectivity index (χ0v) is 8.83. The van der Waals surface area contributed by atoms with Crippen LogP contribution in [0.5, 0.6) is 0 Å². The van der Waals surface area contributed by atoms with E-state index in [1.807, 2.05) is 12.1 Å². The van der Waals surface area contributed by atoms with Crippen molar-refractivity contribution >= 4 is 17.0 Å². The van der Waals surface area contributed by atoms with Crippen LogP contribution in [-0.4, -0.2) is 0 Å². The van der Waals surface area contributed by atoms with E-state index in [-0.39, 0.29) is 0 Å². The molecule has 0 spiro atoms. The lowest BCUT2D eigenvalue weighted by Crippen LogP contribution is -2.02. The minimum absolute atomic E-state index is 0.666. The van der Waals surface area contributed by atoms with Crippen molar-refractivity contribution in [1.82, 2.24) is 0 Å². The first-order valence-corrected chi connectivity index (χ1v) is 5.06. The fraction of sp³-hybridized carbons (Fsp3) is 0.231. The first kappa shape index (κ1) is 8.60. The van der Waals surface area contributed by atoms with E-state index >= 15 is 0 Å². The zero-order chi connectivity index (χ0) is 10.4. The highest BCUT2D eigenvalue weighted by molar-refractivity contribution is 5.89. The van der Waals surface area contributed by atoms with E-state index in [9.17, 15) is 0 Å². The lowest BCUT2D eigenvalue weighted by atomic mass is 9.93. The van der Waals surface area contributed by atoms with Gasteiger partial charge in [-0.1, -0.05) is 0 Å². The molecule has 1 aliphatic heterocycles. The number of aryl methyl sites for hydroxylation is 2. The molecule has 1 aromatic carbocycles. The maximum Gasteiger partial charge on any atom is 0.137 e. The Hall–Kier alpha value is -1.70. The van der Waals surface area contributed by atoms with Gasteiger partial charge in [-0.2, -0.15) is 0 Å². The summed E-state index contributed by atoms with van der Waals surface area (Å²) in [5.74, 6) is 0. The van der Waals surface area contributed by atoms with E-state index in [4.69, 9.17) is 9.15 Å². The predicted molar refractivity (Wildman–Crippen MR) is 59.5 cm³/mol. The number of hydrogen-bond donors (Lipinski definition) is 0. The van der Waals surface area contributed by atoms with Gasteiger partial charge in [0.05, 0.1) is 12.5 Å². The van der Waals surface area contributed by atoms with Crippen LogP contribution in [0, 0.1) is 13.8 Å². The van der Waals surface area contributed by atoms with Crippen molar-refractivity contribution in [3.8, 4) is 0 Å². The monoisotopic (exact) mass is 200 g/mol. The Morgan fingerprint density at radius 3 is 2.93 bits per heavy atom.